The SMILES string of the molecule is CCNC(=NCC1(Sc2ccccc2)CC1)NCC(C)CN1CCOCC1.I. The first-order chi connectivity index (χ1) is 13.2. The van der Waals surface area contributed by atoms with Gasteiger partial charge in [-0.05, 0) is 37.8 Å². The number of ether oxygens (including phenoxy) is 1. The zero-order valence-electron chi connectivity index (χ0n) is 17.2. The third-order valence-electron chi connectivity index (χ3n) is 5.05. The van der Waals surface area contributed by atoms with Crippen LogP contribution in [0.5, 0.6) is 0 Å². The lowest BCUT2D eigenvalue weighted by Gasteiger charge is -2.29. The summed E-state index contributed by atoms with van der Waals surface area (Å²) in [5, 5.41) is 6.95. The van der Waals surface area contributed by atoms with Crippen molar-refractivity contribution in [3.63, 3.8) is 0 Å². The lowest BCUT2D eigenvalue weighted by Crippen LogP contribution is -2.44. The van der Waals surface area contributed by atoms with Crippen LogP contribution in [0.15, 0.2) is 40.2 Å². The third-order valence-corrected chi connectivity index (χ3v) is 6.52. The van der Waals surface area contributed by atoms with Gasteiger partial charge in [0, 0.05) is 42.4 Å². The maximum Gasteiger partial charge on any atom is 0.191 e. The van der Waals surface area contributed by atoms with Crippen molar-refractivity contribution in [2.24, 2.45) is 10.9 Å². The van der Waals surface area contributed by atoms with Crippen molar-refractivity contribution >= 4 is 41.7 Å². The molecule has 1 aromatic rings. The second-order valence-corrected chi connectivity index (χ2v) is 9.23. The van der Waals surface area contributed by atoms with Gasteiger partial charge in [-0.25, -0.2) is 0 Å². The summed E-state index contributed by atoms with van der Waals surface area (Å²) >= 11 is 1.98. The Morgan fingerprint density at radius 2 is 1.93 bits per heavy atom. The van der Waals surface area contributed by atoms with E-state index in [1.165, 1.54) is 17.7 Å². The van der Waals surface area contributed by atoms with Crippen LogP contribution in [-0.4, -0.2) is 68.1 Å². The average Bonchev–Trinajstić information content (AvgIpc) is 3.45. The molecule has 2 fully saturated rings. The third kappa shape index (κ3) is 8.08. The molecule has 28 heavy (non-hydrogen) atoms. The van der Waals surface area contributed by atoms with Crippen molar-refractivity contribution in [3.05, 3.63) is 30.3 Å². The van der Waals surface area contributed by atoms with E-state index in [1.54, 1.807) is 0 Å². The molecule has 1 aromatic carbocycles. The van der Waals surface area contributed by atoms with Crippen LogP contribution >= 0.6 is 35.7 Å². The van der Waals surface area contributed by atoms with Crippen LogP contribution in [0.1, 0.15) is 26.7 Å². The first kappa shape index (κ1) is 23.8. The quantitative estimate of drug-likeness (QED) is 0.298. The van der Waals surface area contributed by atoms with E-state index in [9.17, 15) is 0 Å². The van der Waals surface area contributed by atoms with Gasteiger partial charge >= 0.3 is 0 Å². The van der Waals surface area contributed by atoms with Crippen molar-refractivity contribution in [2.45, 2.75) is 36.3 Å². The van der Waals surface area contributed by atoms with Gasteiger partial charge in [0.1, 0.15) is 0 Å². The van der Waals surface area contributed by atoms with Gasteiger partial charge in [-0.1, -0.05) is 25.1 Å². The number of nitrogens with one attached hydrogen (secondary N) is 2. The van der Waals surface area contributed by atoms with Crippen molar-refractivity contribution in [1.82, 2.24) is 15.5 Å². The lowest BCUT2D eigenvalue weighted by molar-refractivity contribution is 0.0320. The molecule has 7 heteroatoms. The highest BCUT2D eigenvalue weighted by Gasteiger charge is 2.43. The number of thioether (sulfide) groups is 1. The van der Waals surface area contributed by atoms with Gasteiger partial charge in [0.15, 0.2) is 5.96 Å². The maximum absolute atomic E-state index is 5.44. The van der Waals surface area contributed by atoms with Crippen LogP contribution in [0.2, 0.25) is 0 Å². The first-order valence-corrected chi connectivity index (χ1v) is 11.1. The molecule has 0 radical (unpaired) electrons. The summed E-state index contributed by atoms with van der Waals surface area (Å²) in [4.78, 5) is 8.75. The van der Waals surface area contributed by atoms with Gasteiger partial charge in [0.25, 0.3) is 0 Å². The van der Waals surface area contributed by atoms with Gasteiger partial charge in [0.05, 0.1) is 19.8 Å². The summed E-state index contributed by atoms with van der Waals surface area (Å²) in [6, 6.07) is 10.7. The molecule has 1 unspecified atom stereocenters. The molecule has 158 valence electrons. The Morgan fingerprint density at radius 3 is 2.57 bits per heavy atom. The highest BCUT2D eigenvalue weighted by Crippen LogP contribution is 2.51. The molecule has 1 saturated heterocycles. The smallest absolute Gasteiger partial charge is 0.191 e. The molecule has 1 heterocycles. The predicted octanol–water partition coefficient (Wildman–Crippen LogP) is 3.45. The molecule has 0 bridgehead atoms. The first-order valence-electron chi connectivity index (χ1n) is 10.3. The van der Waals surface area contributed by atoms with Crippen LogP contribution in [0.3, 0.4) is 0 Å². The second-order valence-electron chi connectivity index (χ2n) is 7.69. The predicted molar refractivity (Wildman–Crippen MR) is 130 cm³/mol. The summed E-state index contributed by atoms with van der Waals surface area (Å²) in [5.41, 5.74) is 0. The van der Waals surface area contributed by atoms with Crippen molar-refractivity contribution < 1.29 is 4.74 Å². The topological polar surface area (TPSA) is 48.9 Å². The van der Waals surface area contributed by atoms with Gasteiger partial charge in [-0.15, -0.1) is 35.7 Å². The molecule has 0 spiro atoms. The number of benzene rings is 1. The van der Waals surface area contributed by atoms with Crippen LogP contribution in [0.4, 0.5) is 0 Å². The molecule has 2 aliphatic rings. The minimum Gasteiger partial charge on any atom is -0.379 e. The average molecular weight is 519 g/mol. The molecule has 0 amide bonds. The summed E-state index contributed by atoms with van der Waals surface area (Å²) < 4.78 is 5.73. The van der Waals surface area contributed by atoms with Crippen LogP contribution in [0.25, 0.3) is 0 Å². The fraction of sp³-hybridized carbons (Fsp3) is 0.667. The van der Waals surface area contributed by atoms with E-state index in [0.29, 0.717) is 10.7 Å². The Kier molecular flexibility index (Phi) is 10.4. The number of morpholine rings is 1. The minimum atomic E-state index is 0. The van der Waals surface area contributed by atoms with Crippen molar-refractivity contribution in [1.29, 1.82) is 0 Å². The molecular formula is C21H35IN4OS. The molecule has 0 aromatic heterocycles. The number of hydrogen-bond acceptors (Lipinski definition) is 4. The Morgan fingerprint density at radius 1 is 1.21 bits per heavy atom. The Hall–Kier alpha value is -0.510. The number of rotatable bonds is 9. The largest absolute Gasteiger partial charge is 0.379 e. The van der Waals surface area contributed by atoms with E-state index in [0.717, 1.165) is 58.4 Å². The van der Waals surface area contributed by atoms with Crippen LogP contribution in [0, 0.1) is 5.92 Å². The van der Waals surface area contributed by atoms with E-state index in [1.807, 2.05) is 11.8 Å². The molecule has 1 saturated carbocycles. The molecule has 1 aliphatic heterocycles. The van der Waals surface area contributed by atoms with E-state index in [2.05, 4.69) is 59.7 Å². The van der Waals surface area contributed by atoms with E-state index >= 15 is 0 Å². The summed E-state index contributed by atoms with van der Waals surface area (Å²) in [6.45, 7) is 12.1. The minimum absolute atomic E-state index is 0. The maximum atomic E-state index is 5.44. The van der Waals surface area contributed by atoms with E-state index in [-0.39, 0.29) is 24.0 Å². The normalized spacial score (nSPS) is 20.1. The molecule has 1 atom stereocenters. The number of halogens is 1. The monoisotopic (exact) mass is 518 g/mol. The van der Waals surface area contributed by atoms with E-state index < -0.39 is 0 Å². The molecule has 2 N–H and O–H groups in total. The molecular weight excluding hydrogens is 483 g/mol. The number of hydrogen-bond donors (Lipinski definition) is 2. The Balaban J connectivity index is 0.00000280. The lowest BCUT2D eigenvalue weighted by atomic mass is 10.1. The summed E-state index contributed by atoms with van der Waals surface area (Å²) in [5.74, 6) is 1.53. The van der Waals surface area contributed by atoms with Gasteiger partial charge in [0.2, 0.25) is 0 Å². The van der Waals surface area contributed by atoms with Crippen LogP contribution < -0.4 is 10.6 Å². The summed E-state index contributed by atoms with van der Waals surface area (Å²) in [6.07, 6.45) is 2.51. The standard InChI is InChI=1S/C21H34N4OS.HI/c1-3-22-20(23-15-18(2)16-25-11-13-26-14-12-25)24-17-21(9-10-21)27-19-7-5-4-6-8-19;/h4-8,18H,3,9-17H2,1-2H3,(H2,22,23,24);1H. The number of aliphatic imine (C=N–C) groups is 1. The Bertz CT molecular complexity index is 591. The number of guanidine groups is 1. The van der Waals surface area contributed by atoms with Gasteiger partial charge < -0.3 is 15.4 Å². The fourth-order valence-corrected chi connectivity index (χ4v) is 4.52. The second kappa shape index (κ2) is 12.2. The highest BCUT2D eigenvalue weighted by molar-refractivity contribution is 14.0. The van der Waals surface area contributed by atoms with Gasteiger partial charge in [-0.3, -0.25) is 9.89 Å². The van der Waals surface area contributed by atoms with E-state index in [4.69, 9.17) is 9.73 Å². The Labute approximate surface area is 191 Å². The molecule has 5 nitrogen and oxygen atoms in total. The summed E-state index contributed by atoms with van der Waals surface area (Å²) in [7, 11) is 0. The van der Waals surface area contributed by atoms with Crippen molar-refractivity contribution in [2.75, 3.05) is 52.5 Å². The highest BCUT2D eigenvalue weighted by atomic mass is 127. The van der Waals surface area contributed by atoms with Gasteiger partial charge in [-0.2, -0.15) is 0 Å². The zero-order valence-corrected chi connectivity index (χ0v) is 20.3. The molecule has 1 aliphatic carbocycles. The van der Waals surface area contributed by atoms with Crippen molar-refractivity contribution in [3.8, 4) is 0 Å². The van der Waals surface area contributed by atoms with Crippen LogP contribution in [-0.2, 0) is 4.74 Å². The zero-order chi connectivity index (χ0) is 19.0. The number of nitrogens with zero attached hydrogens (tertiary/aromatic N) is 2. The fourth-order valence-electron chi connectivity index (χ4n) is 3.30. The molecule has 3 rings (SSSR count).